The van der Waals surface area contributed by atoms with Gasteiger partial charge in [-0.2, -0.15) is 0 Å². The van der Waals surface area contributed by atoms with Gasteiger partial charge in [0, 0.05) is 43.0 Å². The Morgan fingerprint density at radius 2 is 1.66 bits per heavy atom. The van der Waals surface area contributed by atoms with Gasteiger partial charge in [0.05, 0.1) is 19.2 Å². The lowest BCUT2D eigenvalue weighted by atomic mass is 9.96. The monoisotopic (exact) mass is 572 g/mol. The number of aromatic nitrogens is 2. The molecule has 0 atom stereocenters. The smallest absolute Gasteiger partial charge is 0.273 e. The molecule has 10 heteroatoms. The van der Waals surface area contributed by atoms with Gasteiger partial charge >= 0.3 is 0 Å². The maximum absolute atomic E-state index is 13.5. The molecular weight excluding hydrogens is 540 g/mol. The maximum atomic E-state index is 13.5. The lowest BCUT2D eigenvalue weighted by Crippen LogP contribution is -2.38. The fourth-order valence-electron chi connectivity index (χ4n) is 5.70. The van der Waals surface area contributed by atoms with Gasteiger partial charge in [-0.15, -0.1) is 11.3 Å². The zero-order valence-electron chi connectivity index (χ0n) is 23.4. The summed E-state index contributed by atoms with van der Waals surface area (Å²) in [6.45, 7) is 4.14. The van der Waals surface area contributed by atoms with Crippen LogP contribution in [0.1, 0.15) is 61.5 Å². The van der Waals surface area contributed by atoms with Crippen LogP contribution >= 0.6 is 11.3 Å². The standard InChI is InChI=1S/C31H32N4O5S/c1-19-27(28(33-40-19)20-7-5-4-6-8-20)31(37)34-12-9-21(10-13-34)29-32-24(18-41-29)30(36)35-14-11-22-15-25(38-2)26(39-3)16-23(22)17-35/h4-8,15-16,18,21H,9-14,17H2,1-3H3. The van der Waals surface area contributed by atoms with E-state index in [0.717, 1.165) is 35.4 Å². The van der Waals surface area contributed by atoms with E-state index in [2.05, 4.69) is 5.16 Å². The van der Waals surface area contributed by atoms with Gasteiger partial charge in [0.15, 0.2) is 11.5 Å². The Kier molecular flexibility index (Phi) is 7.49. The minimum Gasteiger partial charge on any atom is -0.493 e. The molecule has 9 nitrogen and oxygen atoms in total. The summed E-state index contributed by atoms with van der Waals surface area (Å²) in [5.41, 5.74) is 4.68. The van der Waals surface area contributed by atoms with Crippen molar-refractivity contribution < 1.29 is 23.6 Å². The molecule has 6 rings (SSSR count). The molecule has 0 saturated carbocycles. The van der Waals surface area contributed by atoms with E-state index in [1.165, 1.54) is 16.9 Å². The molecule has 212 valence electrons. The van der Waals surface area contributed by atoms with E-state index in [9.17, 15) is 9.59 Å². The van der Waals surface area contributed by atoms with Gasteiger partial charge in [-0.05, 0) is 49.4 Å². The Hall–Kier alpha value is -4.18. The van der Waals surface area contributed by atoms with Gasteiger partial charge in [0.1, 0.15) is 22.7 Å². The zero-order chi connectivity index (χ0) is 28.5. The number of fused-ring (bicyclic) bond motifs is 1. The second-order valence-corrected chi connectivity index (χ2v) is 11.3. The number of carbonyl (C=O) groups is 2. The number of aryl methyl sites for hydroxylation is 1. The molecule has 4 aromatic rings. The van der Waals surface area contributed by atoms with Crippen LogP contribution in [-0.2, 0) is 13.0 Å². The topological polar surface area (TPSA) is 98.0 Å². The van der Waals surface area contributed by atoms with E-state index < -0.39 is 0 Å². The van der Waals surface area contributed by atoms with Gasteiger partial charge in [0.2, 0.25) is 0 Å². The molecule has 2 aromatic heterocycles. The predicted molar refractivity (Wildman–Crippen MR) is 155 cm³/mol. The molecule has 0 bridgehead atoms. The van der Waals surface area contributed by atoms with Crippen LogP contribution in [0, 0.1) is 6.92 Å². The van der Waals surface area contributed by atoms with Crippen LogP contribution in [-0.4, -0.2) is 65.6 Å². The van der Waals surface area contributed by atoms with Crippen molar-refractivity contribution in [2.45, 2.75) is 38.6 Å². The first-order chi connectivity index (χ1) is 20.0. The third-order valence-electron chi connectivity index (χ3n) is 8.00. The zero-order valence-corrected chi connectivity index (χ0v) is 24.2. The average Bonchev–Trinajstić information content (AvgIpc) is 3.67. The molecule has 2 aliphatic heterocycles. The number of nitrogens with zero attached hydrogens (tertiary/aromatic N) is 4. The number of piperidine rings is 1. The minimum atomic E-state index is -0.0595. The number of benzene rings is 2. The predicted octanol–water partition coefficient (Wildman–Crippen LogP) is 5.34. The third kappa shape index (κ3) is 5.19. The van der Waals surface area contributed by atoms with E-state index in [-0.39, 0.29) is 17.7 Å². The Morgan fingerprint density at radius 3 is 2.37 bits per heavy atom. The summed E-state index contributed by atoms with van der Waals surface area (Å²) in [5, 5.41) is 6.99. The number of hydrogen-bond acceptors (Lipinski definition) is 8. The van der Waals surface area contributed by atoms with E-state index in [1.54, 1.807) is 21.1 Å². The molecule has 2 aromatic carbocycles. The van der Waals surface area contributed by atoms with Crippen LogP contribution in [0.15, 0.2) is 52.4 Å². The lowest BCUT2D eigenvalue weighted by molar-refractivity contribution is 0.0711. The van der Waals surface area contributed by atoms with Crippen molar-refractivity contribution in [2.75, 3.05) is 33.9 Å². The first kappa shape index (κ1) is 27.0. The van der Waals surface area contributed by atoms with Gasteiger partial charge in [0.25, 0.3) is 11.8 Å². The summed E-state index contributed by atoms with van der Waals surface area (Å²) < 4.78 is 16.3. The highest BCUT2D eigenvalue weighted by atomic mass is 32.1. The van der Waals surface area contributed by atoms with Crippen LogP contribution in [0.3, 0.4) is 0 Å². The molecule has 2 aliphatic rings. The molecule has 1 saturated heterocycles. The van der Waals surface area contributed by atoms with Crippen LogP contribution in [0.4, 0.5) is 0 Å². The van der Waals surface area contributed by atoms with E-state index in [0.29, 0.717) is 60.4 Å². The summed E-state index contributed by atoms with van der Waals surface area (Å²) in [7, 11) is 3.25. The first-order valence-electron chi connectivity index (χ1n) is 13.8. The number of rotatable bonds is 6. The van der Waals surface area contributed by atoms with Crippen molar-refractivity contribution in [3.8, 4) is 22.8 Å². The molecule has 2 amide bonds. The molecule has 0 N–H and O–H groups in total. The summed E-state index contributed by atoms with van der Waals surface area (Å²) in [6.07, 6.45) is 2.33. The Morgan fingerprint density at radius 1 is 0.951 bits per heavy atom. The van der Waals surface area contributed by atoms with Crippen molar-refractivity contribution >= 4 is 23.2 Å². The number of amides is 2. The van der Waals surface area contributed by atoms with E-state index in [4.69, 9.17) is 19.0 Å². The molecule has 1 fully saturated rings. The molecular formula is C31H32N4O5S. The van der Waals surface area contributed by atoms with Crippen molar-refractivity contribution in [1.82, 2.24) is 19.9 Å². The van der Waals surface area contributed by atoms with Crippen LogP contribution < -0.4 is 9.47 Å². The SMILES string of the molecule is COc1cc2c(cc1OC)CN(C(=O)c1csc(C3CCN(C(=O)c4c(-c5ccccc5)noc4C)CC3)n1)CC2. The second kappa shape index (κ2) is 11.4. The number of carbonyl (C=O) groups excluding carboxylic acids is 2. The van der Waals surface area contributed by atoms with Crippen LogP contribution in [0.2, 0.25) is 0 Å². The Balaban J connectivity index is 1.10. The van der Waals surface area contributed by atoms with Gasteiger partial charge < -0.3 is 23.8 Å². The lowest BCUT2D eigenvalue weighted by Gasteiger charge is -2.31. The normalized spacial score (nSPS) is 15.5. The number of ether oxygens (including phenoxy) is 2. The van der Waals surface area contributed by atoms with Crippen LogP contribution in [0.5, 0.6) is 11.5 Å². The molecule has 0 radical (unpaired) electrons. The van der Waals surface area contributed by atoms with Gasteiger partial charge in [-0.25, -0.2) is 4.98 Å². The maximum Gasteiger partial charge on any atom is 0.273 e. The molecule has 4 heterocycles. The minimum absolute atomic E-state index is 0.0584. The van der Waals surface area contributed by atoms with E-state index in [1.807, 2.05) is 57.6 Å². The molecule has 0 spiro atoms. The molecule has 0 unspecified atom stereocenters. The largest absolute Gasteiger partial charge is 0.493 e. The molecule has 41 heavy (non-hydrogen) atoms. The number of methoxy groups -OCH3 is 2. The first-order valence-corrected chi connectivity index (χ1v) is 14.6. The second-order valence-electron chi connectivity index (χ2n) is 10.4. The highest BCUT2D eigenvalue weighted by Crippen LogP contribution is 2.35. The number of thiazole rings is 1. The summed E-state index contributed by atoms with van der Waals surface area (Å²) in [4.78, 5) is 35.4. The van der Waals surface area contributed by atoms with Crippen molar-refractivity contribution in [3.63, 3.8) is 0 Å². The fraction of sp³-hybridized carbons (Fsp3) is 0.355. The van der Waals surface area contributed by atoms with Crippen LogP contribution in [0.25, 0.3) is 11.3 Å². The van der Waals surface area contributed by atoms with Crippen molar-refractivity contribution in [1.29, 1.82) is 0 Å². The summed E-state index contributed by atoms with van der Waals surface area (Å²) in [6, 6.07) is 13.6. The summed E-state index contributed by atoms with van der Waals surface area (Å²) >= 11 is 1.53. The van der Waals surface area contributed by atoms with Gasteiger partial charge in [-0.1, -0.05) is 35.5 Å². The molecule has 0 aliphatic carbocycles. The van der Waals surface area contributed by atoms with Gasteiger partial charge in [-0.3, -0.25) is 9.59 Å². The Bertz CT molecular complexity index is 1570. The van der Waals surface area contributed by atoms with E-state index >= 15 is 0 Å². The quantitative estimate of drug-likeness (QED) is 0.308. The van der Waals surface area contributed by atoms with Crippen molar-refractivity contribution in [3.05, 3.63) is 81.0 Å². The van der Waals surface area contributed by atoms with Crippen molar-refractivity contribution in [2.24, 2.45) is 0 Å². The highest BCUT2D eigenvalue weighted by molar-refractivity contribution is 7.09. The highest BCUT2D eigenvalue weighted by Gasteiger charge is 2.32. The Labute approximate surface area is 242 Å². The number of hydrogen-bond donors (Lipinski definition) is 0. The third-order valence-corrected chi connectivity index (χ3v) is 9.01. The average molecular weight is 573 g/mol. The number of likely N-dealkylation sites (tertiary alicyclic amines) is 1. The summed E-state index contributed by atoms with van der Waals surface area (Å²) in [5.74, 6) is 1.99. The fourth-order valence-corrected chi connectivity index (χ4v) is 6.66.